The molecule has 9 heteroatoms. The summed E-state index contributed by atoms with van der Waals surface area (Å²) in [6.45, 7) is 1.76. The number of amidine groups is 1. The zero-order chi connectivity index (χ0) is 17.0. The van der Waals surface area contributed by atoms with E-state index in [2.05, 4.69) is 20.3 Å². The summed E-state index contributed by atoms with van der Waals surface area (Å²) in [5, 5.41) is 11.3. The van der Waals surface area contributed by atoms with Crippen molar-refractivity contribution in [1.82, 2.24) is 5.32 Å². The Kier molecular flexibility index (Phi) is 6.04. The number of carbonyl (C=O) groups excluding carboxylic acids is 2. The van der Waals surface area contributed by atoms with Crippen LogP contribution in [0.1, 0.15) is 18.9 Å². The molecule has 1 aliphatic rings. The van der Waals surface area contributed by atoms with Gasteiger partial charge >= 0.3 is 5.97 Å². The van der Waals surface area contributed by atoms with Gasteiger partial charge < -0.3 is 10.1 Å². The highest BCUT2D eigenvalue weighted by Gasteiger charge is 2.32. The van der Waals surface area contributed by atoms with Gasteiger partial charge in [0.25, 0.3) is 0 Å². The Bertz CT molecular complexity index is 707. The molecule has 1 N–H and O–H groups in total. The number of hydrogen-bond acceptors (Lipinski definition) is 6. The molecule has 1 saturated heterocycles. The van der Waals surface area contributed by atoms with Crippen molar-refractivity contribution < 1.29 is 14.3 Å². The van der Waals surface area contributed by atoms with E-state index in [0.29, 0.717) is 20.9 Å². The standard InChI is InChI=1S/C14H13Cl2N3O3S/c1-7(8-3-4-9(15)10(16)5-8)18-19-14-17-13(21)11(23-14)6-12(20)22-2/h3-5,11H,6H2,1-2H3,(H,17,19,21)/b18-7+. The van der Waals surface area contributed by atoms with Crippen LogP contribution in [0.15, 0.2) is 28.4 Å². The van der Waals surface area contributed by atoms with Gasteiger partial charge in [0.2, 0.25) is 5.91 Å². The second-order valence-electron chi connectivity index (χ2n) is 4.60. The molecule has 1 aromatic rings. The quantitative estimate of drug-likeness (QED) is 0.499. The lowest BCUT2D eigenvalue weighted by Gasteiger charge is -2.02. The van der Waals surface area contributed by atoms with E-state index in [4.69, 9.17) is 23.2 Å². The van der Waals surface area contributed by atoms with E-state index in [9.17, 15) is 9.59 Å². The molecule has 122 valence electrons. The van der Waals surface area contributed by atoms with Crippen molar-refractivity contribution in [2.75, 3.05) is 7.11 Å². The van der Waals surface area contributed by atoms with Crippen molar-refractivity contribution in [3.63, 3.8) is 0 Å². The lowest BCUT2D eigenvalue weighted by atomic mass is 10.1. The Balaban J connectivity index is 2.08. The van der Waals surface area contributed by atoms with E-state index < -0.39 is 11.2 Å². The molecule has 2 rings (SSSR count). The summed E-state index contributed by atoms with van der Waals surface area (Å²) in [4.78, 5) is 23.0. The number of carbonyl (C=O) groups is 2. The van der Waals surface area contributed by atoms with Crippen molar-refractivity contribution in [2.45, 2.75) is 18.6 Å². The third kappa shape index (κ3) is 4.70. The average molecular weight is 374 g/mol. The smallest absolute Gasteiger partial charge is 0.307 e. The second-order valence-corrected chi connectivity index (χ2v) is 6.60. The molecule has 1 fully saturated rings. The molecular formula is C14H13Cl2N3O3S. The number of benzene rings is 1. The van der Waals surface area contributed by atoms with Gasteiger partial charge in [0.1, 0.15) is 5.25 Å². The molecule has 1 aromatic carbocycles. The van der Waals surface area contributed by atoms with Crippen LogP contribution in [0, 0.1) is 0 Å². The SMILES string of the molecule is COC(=O)CC1S/C(=N\N=C(/C)c2ccc(Cl)c(Cl)c2)NC1=O. The predicted octanol–water partition coefficient (Wildman–Crippen LogP) is 2.87. The van der Waals surface area contributed by atoms with E-state index >= 15 is 0 Å². The predicted molar refractivity (Wildman–Crippen MR) is 92.3 cm³/mol. The molecule has 0 saturated carbocycles. The van der Waals surface area contributed by atoms with Gasteiger partial charge in [-0.25, -0.2) is 0 Å². The normalized spacial score (nSPS) is 19.8. The van der Waals surface area contributed by atoms with E-state index in [1.807, 2.05) is 0 Å². The zero-order valence-corrected chi connectivity index (χ0v) is 14.6. The second kappa shape index (κ2) is 7.81. The van der Waals surface area contributed by atoms with Crippen LogP contribution < -0.4 is 5.32 Å². The highest BCUT2D eigenvalue weighted by atomic mass is 35.5. The molecular weight excluding hydrogens is 361 g/mol. The average Bonchev–Trinajstić information content (AvgIpc) is 2.87. The number of hydrogen-bond donors (Lipinski definition) is 1. The molecule has 1 unspecified atom stereocenters. The van der Waals surface area contributed by atoms with Crippen LogP contribution in [0.25, 0.3) is 0 Å². The van der Waals surface area contributed by atoms with Crippen molar-refractivity contribution in [2.24, 2.45) is 10.2 Å². The van der Waals surface area contributed by atoms with E-state index in [1.54, 1.807) is 25.1 Å². The summed E-state index contributed by atoms with van der Waals surface area (Å²) in [6, 6.07) is 5.13. The summed E-state index contributed by atoms with van der Waals surface area (Å²) < 4.78 is 4.55. The summed E-state index contributed by atoms with van der Waals surface area (Å²) in [6.07, 6.45) is -0.0124. The maximum Gasteiger partial charge on any atom is 0.307 e. The lowest BCUT2D eigenvalue weighted by molar-refractivity contribution is -0.141. The van der Waals surface area contributed by atoms with Gasteiger partial charge in [0.05, 0.1) is 29.3 Å². The first kappa shape index (κ1) is 17.8. The fraction of sp³-hybridized carbons (Fsp3) is 0.286. The molecule has 1 aliphatic heterocycles. The van der Waals surface area contributed by atoms with Crippen LogP contribution >= 0.6 is 35.0 Å². The third-order valence-electron chi connectivity index (χ3n) is 2.98. The van der Waals surface area contributed by atoms with E-state index in [1.165, 1.54) is 7.11 Å². The minimum absolute atomic E-state index is 0.0124. The van der Waals surface area contributed by atoms with Gasteiger partial charge in [-0.2, -0.15) is 5.10 Å². The number of methoxy groups -OCH3 is 1. The number of esters is 1. The first-order chi connectivity index (χ1) is 10.9. The van der Waals surface area contributed by atoms with Gasteiger partial charge in [-0.15, -0.1) is 5.10 Å². The summed E-state index contributed by atoms with van der Waals surface area (Å²) >= 11 is 13.0. The molecule has 0 aliphatic carbocycles. The topological polar surface area (TPSA) is 80.1 Å². The monoisotopic (exact) mass is 373 g/mol. The fourth-order valence-corrected chi connectivity index (χ4v) is 2.92. The number of ether oxygens (including phenoxy) is 1. The van der Waals surface area contributed by atoms with E-state index in [0.717, 1.165) is 17.3 Å². The number of amides is 1. The highest BCUT2D eigenvalue weighted by Crippen LogP contribution is 2.24. The van der Waals surface area contributed by atoms with Crippen LogP contribution in [0.5, 0.6) is 0 Å². The van der Waals surface area contributed by atoms with Gasteiger partial charge in [0, 0.05) is 0 Å². The maximum atomic E-state index is 11.7. The number of nitrogens with zero attached hydrogens (tertiary/aromatic N) is 2. The van der Waals surface area contributed by atoms with Crippen LogP contribution in [0.4, 0.5) is 0 Å². The molecule has 23 heavy (non-hydrogen) atoms. The zero-order valence-electron chi connectivity index (χ0n) is 12.3. The Morgan fingerprint density at radius 1 is 1.39 bits per heavy atom. The molecule has 0 bridgehead atoms. The van der Waals surface area contributed by atoms with Gasteiger partial charge in [-0.3, -0.25) is 9.59 Å². The Labute approximate surface area is 147 Å². The number of halogens is 2. The summed E-state index contributed by atoms with van der Waals surface area (Å²) in [7, 11) is 1.28. The van der Waals surface area contributed by atoms with Crippen LogP contribution in [-0.2, 0) is 14.3 Å². The van der Waals surface area contributed by atoms with Gasteiger partial charge in [0.15, 0.2) is 5.17 Å². The van der Waals surface area contributed by atoms with E-state index in [-0.39, 0.29) is 12.3 Å². The summed E-state index contributed by atoms with van der Waals surface area (Å²) in [5.41, 5.74) is 1.38. The number of thioether (sulfide) groups is 1. The van der Waals surface area contributed by atoms with Crippen LogP contribution in [0.3, 0.4) is 0 Å². The highest BCUT2D eigenvalue weighted by molar-refractivity contribution is 8.15. The minimum atomic E-state index is -0.554. The Morgan fingerprint density at radius 2 is 2.13 bits per heavy atom. The van der Waals surface area contributed by atoms with Crippen molar-refractivity contribution >= 4 is 57.7 Å². The minimum Gasteiger partial charge on any atom is -0.469 e. The Hall–Kier alpha value is -1.57. The maximum absolute atomic E-state index is 11.7. The molecule has 0 radical (unpaired) electrons. The molecule has 1 amide bonds. The lowest BCUT2D eigenvalue weighted by Crippen LogP contribution is -2.26. The third-order valence-corrected chi connectivity index (χ3v) is 4.80. The number of nitrogens with one attached hydrogen (secondary N) is 1. The number of rotatable bonds is 4. The first-order valence-corrected chi connectivity index (χ1v) is 8.16. The largest absolute Gasteiger partial charge is 0.469 e. The Morgan fingerprint density at radius 3 is 2.78 bits per heavy atom. The molecule has 6 nitrogen and oxygen atoms in total. The van der Waals surface area contributed by atoms with Crippen LogP contribution in [0.2, 0.25) is 10.0 Å². The van der Waals surface area contributed by atoms with Crippen molar-refractivity contribution in [3.8, 4) is 0 Å². The van der Waals surface area contributed by atoms with Gasteiger partial charge in [-0.1, -0.05) is 41.0 Å². The van der Waals surface area contributed by atoms with Gasteiger partial charge in [-0.05, 0) is 24.6 Å². The summed E-state index contributed by atoms with van der Waals surface area (Å²) in [5.74, 6) is -0.740. The molecule has 0 aromatic heterocycles. The molecule has 1 atom stereocenters. The van der Waals surface area contributed by atoms with Crippen molar-refractivity contribution in [3.05, 3.63) is 33.8 Å². The molecule has 0 spiro atoms. The first-order valence-electron chi connectivity index (χ1n) is 6.52. The van der Waals surface area contributed by atoms with Crippen molar-refractivity contribution in [1.29, 1.82) is 0 Å². The molecule has 1 heterocycles. The fourth-order valence-electron chi connectivity index (χ4n) is 1.72. The van der Waals surface area contributed by atoms with Crippen LogP contribution in [-0.4, -0.2) is 35.1 Å².